The van der Waals surface area contributed by atoms with Crippen molar-refractivity contribution in [1.29, 1.82) is 0 Å². The van der Waals surface area contributed by atoms with Crippen molar-refractivity contribution in [3.63, 3.8) is 0 Å². The maximum absolute atomic E-state index is 12.8. The average molecular weight is 423 g/mol. The van der Waals surface area contributed by atoms with Gasteiger partial charge in [0.1, 0.15) is 5.75 Å². The zero-order valence-electron chi connectivity index (χ0n) is 17.5. The van der Waals surface area contributed by atoms with Gasteiger partial charge in [-0.25, -0.2) is 0 Å². The lowest BCUT2D eigenvalue weighted by molar-refractivity contribution is -0.146. The van der Waals surface area contributed by atoms with Crippen molar-refractivity contribution in [3.05, 3.63) is 65.7 Å². The number of methoxy groups -OCH3 is 1. The fourth-order valence-corrected chi connectivity index (χ4v) is 4.00. The first kappa shape index (κ1) is 20.8. The van der Waals surface area contributed by atoms with Crippen LogP contribution >= 0.6 is 0 Å². The average Bonchev–Trinajstić information content (AvgIpc) is 3.43. The van der Waals surface area contributed by atoms with E-state index in [1.165, 1.54) is 0 Å². The van der Waals surface area contributed by atoms with Crippen molar-refractivity contribution in [3.8, 4) is 17.2 Å². The minimum absolute atomic E-state index is 0.104. The number of hydrogen-bond donors (Lipinski definition) is 1. The van der Waals surface area contributed by atoms with Crippen LogP contribution in [0.3, 0.4) is 0 Å². The van der Waals surface area contributed by atoms with E-state index in [1.807, 2.05) is 36.4 Å². The fraction of sp³-hybridized carbons (Fsp3) is 0.333. The quantitative estimate of drug-likeness (QED) is 0.543. The Morgan fingerprint density at radius 1 is 1.13 bits per heavy atom. The molecule has 0 fully saturated rings. The Balaban J connectivity index is 1.46. The van der Waals surface area contributed by atoms with E-state index in [0.717, 1.165) is 5.56 Å². The number of nitrogens with one attached hydrogen (secondary N) is 1. The number of ether oxygens (including phenoxy) is 4. The molecular weight excluding hydrogens is 398 g/mol. The van der Waals surface area contributed by atoms with Gasteiger partial charge >= 0.3 is 5.97 Å². The summed E-state index contributed by atoms with van der Waals surface area (Å²) in [5.41, 5.74) is 1.33. The third kappa shape index (κ3) is 4.50. The standard InChI is InChI=1S/C24H25NO6/c1-3-29-24(27)22(15-5-4-6-19(12-15)28-2)16-7-9-18(11-16)25-23(26)17-8-10-20-21(13-17)31-14-30-20/h4-10,12-13,16,18,22H,3,11,14H2,1-2H3,(H,25,26). The van der Waals surface area contributed by atoms with Crippen molar-refractivity contribution in [2.45, 2.75) is 25.3 Å². The highest BCUT2D eigenvalue weighted by atomic mass is 16.7. The van der Waals surface area contributed by atoms with Crippen molar-refractivity contribution < 1.29 is 28.5 Å². The second-order valence-corrected chi connectivity index (χ2v) is 7.44. The lowest BCUT2D eigenvalue weighted by Gasteiger charge is -2.23. The van der Waals surface area contributed by atoms with Gasteiger partial charge in [-0.3, -0.25) is 9.59 Å². The second kappa shape index (κ2) is 9.12. The zero-order valence-corrected chi connectivity index (χ0v) is 17.5. The molecule has 1 amide bonds. The van der Waals surface area contributed by atoms with Gasteiger partial charge in [-0.15, -0.1) is 0 Å². The SMILES string of the molecule is CCOC(=O)C(c1cccc(OC)c1)C1C=CC(NC(=O)c2ccc3c(c2)OCO3)C1. The molecule has 3 atom stereocenters. The highest BCUT2D eigenvalue weighted by molar-refractivity contribution is 5.95. The largest absolute Gasteiger partial charge is 0.497 e. The Bertz CT molecular complexity index is 1000. The topological polar surface area (TPSA) is 83.1 Å². The summed E-state index contributed by atoms with van der Waals surface area (Å²) >= 11 is 0. The summed E-state index contributed by atoms with van der Waals surface area (Å²) in [4.78, 5) is 25.5. The number of esters is 1. The van der Waals surface area contributed by atoms with Gasteiger partial charge in [-0.05, 0) is 55.2 Å². The molecule has 1 aliphatic heterocycles. The molecule has 31 heavy (non-hydrogen) atoms. The third-order valence-corrected chi connectivity index (χ3v) is 5.49. The number of hydrogen-bond acceptors (Lipinski definition) is 6. The molecule has 3 unspecified atom stereocenters. The van der Waals surface area contributed by atoms with Crippen molar-refractivity contribution in [2.24, 2.45) is 5.92 Å². The molecule has 0 aromatic heterocycles. The van der Waals surface area contributed by atoms with E-state index in [1.54, 1.807) is 32.2 Å². The van der Waals surface area contributed by atoms with Gasteiger partial charge in [0.25, 0.3) is 5.91 Å². The van der Waals surface area contributed by atoms with E-state index >= 15 is 0 Å². The van der Waals surface area contributed by atoms with E-state index in [0.29, 0.717) is 35.8 Å². The summed E-state index contributed by atoms with van der Waals surface area (Å²) < 4.78 is 21.3. The first-order valence-corrected chi connectivity index (χ1v) is 10.3. The summed E-state index contributed by atoms with van der Waals surface area (Å²) in [7, 11) is 1.59. The van der Waals surface area contributed by atoms with E-state index in [-0.39, 0.29) is 30.6 Å². The Morgan fingerprint density at radius 3 is 2.77 bits per heavy atom. The molecule has 0 saturated carbocycles. The summed E-state index contributed by atoms with van der Waals surface area (Å²) in [6.45, 7) is 2.26. The van der Waals surface area contributed by atoms with Gasteiger partial charge < -0.3 is 24.3 Å². The molecule has 2 aliphatic rings. The molecule has 2 aromatic rings. The Kier molecular flexibility index (Phi) is 6.11. The van der Waals surface area contributed by atoms with Crippen LogP contribution in [0.2, 0.25) is 0 Å². The molecule has 2 aromatic carbocycles. The van der Waals surface area contributed by atoms with Crippen molar-refractivity contribution in [1.82, 2.24) is 5.32 Å². The van der Waals surface area contributed by atoms with Gasteiger partial charge in [-0.2, -0.15) is 0 Å². The summed E-state index contributed by atoms with van der Waals surface area (Å²) in [6.07, 6.45) is 4.50. The van der Waals surface area contributed by atoms with Crippen LogP contribution in [0.1, 0.15) is 35.2 Å². The minimum atomic E-state index is -0.473. The van der Waals surface area contributed by atoms with Gasteiger partial charge in [0.15, 0.2) is 11.5 Å². The van der Waals surface area contributed by atoms with E-state index in [4.69, 9.17) is 18.9 Å². The number of carbonyl (C=O) groups is 2. The molecule has 0 radical (unpaired) electrons. The maximum atomic E-state index is 12.8. The van der Waals surface area contributed by atoms with Gasteiger partial charge in [0.05, 0.1) is 19.6 Å². The number of carbonyl (C=O) groups excluding carboxylic acids is 2. The smallest absolute Gasteiger partial charge is 0.314 e. The van der Waals surface area contributed by atoms with Crippen LogP contribution in [0.5, 0.6) is 17.2 Å². The van der Waals surface area contributed by atoms with Crippen molar-refractivity contribution in [2.75, 3.05) is 20.5 Å². The van der Waals surface area contributed by atoms with Crippen molar-refractivity contribution >= 4 is 11.9 Å². The lowest BCUT2D eigenvalue weighted by Crippen LogP contribution is -2.33. The monoisotopic (exact) mass is 423 g/mol. The van der Waals surface area contributed by atoms with Crippen LogP contribution in [0.4, 0.5) is 0 Å². The van der Waals surface area contributed by atoms with E-state index in [2.05, 4.69) is 5.32 Å². The number of benzene rings is 2. The number of amides is 1. The van der Waals surface area contributed by atoms with Gasteiger partial charge in [0.2, 0.25) is 6.79 Å². The number of fused-ring (bicyclic) bond motifs is 1. The third-order valence-electron chi connectivity index (χ3n) is 5.49. The van der Waals surface area contributed by atoms with Crippen LogP contribution in [-0.2, 0) is 9.53 Å². The summed E-state index contributed by atoms with van der Waals surface area (Å²) in [5, 5.41) is 3.02. The Hall–Kier alpha value is -3.48. The molecule has 7 heteroatoms. The van der Waals surface area contributed by atoms with Crippen LogP contribution in [0, 0.1) is 5.92 Å². The van der Waals surface area contributed by atoms with Crippen LogP contribution in [-0.4, -0.2) is 38.4 Å². The van der Waals surface area contributed by atoms with Crippen LogP contribution < -0.4 is 19.5 Å². The molecule has 4 rings (SSSR count). The number of allylic oxidation sites excluding steroid dienone is 1. The second-order valence-electron chi connectivity index (χ2n) is 7.44. The molecule has 7 nitrogen and oxygen atoms in total. The van der Waals surface area contributed by atoms with Gasteiger partial charge in [-0.1, -0.05) is 24.3 Å². The molecule has 1 aliphatic carbocycles. The highest BCUT2D eigenvalue weighted by Gasteiger charge is 2.34. The lowest BCUT2D eigenvalue weighted by atomic mass is 9.85. The molecule has 1 heterocycles. The fourth-order valence-electron chi connectivity index (χ4n) is 4.00. The molecule has 1 N–H and O–H groups in total. The summed E-state index contributed by atoms with van der Waals surface area (Å²) in [6, 6.07) is 12.4. The molecule has 0 spiro atoms. The predicted octanol–water partition coefficient (Wildman–Crippen LogP) is 3.45. The van der Waals surface area contributed by atoms with E-state index < -0.39 is 5.92 Å². The van der Waals surface area contributed by atoms with Crippen LogP contribution in [0.15, 0.2) is 54.6 Å². The van der Waals surface area contributed by atoms with E-state index in [9.17, 15) is 9.59 Å². The normalized spacial score (nSPS) is 19.7. The Morgan fingerprint density at radius 2 is 1.97 bits per heavy atom. The molecule has 162 valence electrons. The Labute approximate surface area is 180 Å². The maximum Gasteiger partial charge on any atom is 0.314 e. The molecule has 0 bridgehead atoms. The van der Waals surface area contributed by atoms with Gasteiger partial charge in [0, 0.05) is 11.6 Å². The highest BCUT2D eigenvalue weighted by Crippen LogP contribution is 2.36. The minimum Gasteiger partial charge on any atom is -0.497 e. The number of rotatable bonds is 7. The first-order valence-electron chi connectivity index (χ1n) is 10.3. The van der Waals surface area contributed by atoms with Crippen LogP contribution in [0.25, 0.3) is 0 Å². The zero-order chi connectivity index (χ0) is 21.8. The predicted molar refractivity (Wildman–Crippen MR) is 113 cm³/mol. The summed E-state index contributed by atoms with van der Waals surface area (Å²) in [5.74, 6) is 0.810. The molecular formula is C24H25NO6. The molecule has 0 saturated heterocycles. The first-order chi connectivity index (χ1) is 15.1.